The molecule has 3 aromatic rings. The summed E-state index contributed by atoms with van der Waals surface area (Å²) in [5, 5.41) is 22.8. The van der Waals surface area contributed by atoms with Crippen molar-refractivity contribution in [1.82, 2.24) is 19.8 Å². The fraction of sp³-hybridized carbons (Fsp3) is 0.312. The second-order valence-electron chi connectivity index (χ2n) is 5.48. The number of alkyl halides is 3. The van der Waals surface area contributed by atoms with Gasteiger partial charge in [0, 0.05) is 6.61 Å². The van der Waals surface area contributed by atoms with Gasteiger partial charge in [0.2, 0.25) is 0 Å². The number of hydrogen-bond donors (Lipinski definition) is 2. The van der Waals surface area contributed by atoms with Crippen LogP contribution in [-0.2, 0) is 6.18 Å². The van der Waals surface area contributed by atoms with E-state index in [0.717, 1.165) is 5.56 Å². The third-order valence-corrected chi connectivity index (χ3v) is 3.69. The standard InChI is InChI=1S/C16H16F3N5O/c17-16(18,19)15-22-21-14-9-8-13(23-24(14)15)20-12(7-4-10-25)11-5-2-1-3-6-11/h1-3,5-6,8-9,12,25H,4,7,10H2,(H,20,23). The number of nitrogens with one attached hydrogen (secondary N) is 1. The molecule has 6 nitrogen and oxygen atoms in total. The molecule has 0 fully saturated rings. The maximum absolute atomic E-state index is 13.0. The Hall–Kier alpha value is -2.68. The molecule has 2 aromatic heterocycles. The number of benzene rings is 1. The first-order chi connectivity index (χ1) is 12.0. The summed E-state index contributed by atoms with van der Waals surface area (Å²) in [6, 6.07) is 12.2. The van der Waals surface area contributed by atoms with E-state index in [4.69, 9.17) is 5.11 Å². The summed E-state index contributed by atoms with van der Waals surface area (Å²) in [6.45, 7) is 0.0289. The van der Waals surface area contributed by atoms with Gasteiger partial charge in [-0.05, 0) is 30.5 Å². The minimum atomic E-state index is -4.64. The largest absolute Gasteiger partial charge is 0.453 e. The predicted octanol–water partition coefficient (Wildman–Crippen LogP) is 3.07. The molecule has 0 aliphatic rings. The summed E-state index contributed by atoms with van der Waals surface area (Å²) < 4.78 is 39.6. The lowest BCUT2D eigenvalue weighted by atomic mass is 10.0. The Morgan fingerprint density at radius 1 is 1.08 bits per heavy atom. The Balaban J connectivity index is 1.91. The van der Waals surface area contributed by atoms with Crippen molar-refractivity contribution in [2.24, 2.45) is 0 Å². The molecular weight excluding hydrogens is 335 g/mol. The van der Waals surface area contributed by atoms with Crippen molar-refractivity contribution in [1.29, 1.82) is 0 Å². The zero-order valence-electron chi connectivity index (χ0n) is 13.1. The van der Waals surface area contributed by atoms with Gasteiger partial charge < -0.3 is 10.4 Å². The molecule has 25 heavy (non-hydrogen) atoms. The topological polar surface area (TPSA) is 75.3 Å². The highest BCUT2D eigenvalue weighted by molar-refractivity contribution is 5.45. The van der Waals surface area contributed by atoms with Crippen LogP contribution in [0.2, 0.25) is 0 Å². The molecule has 0 radical (unpaired) electrons. The zero-order chi connectivity index (χ0) is 17.9. The van der Waals surface area contributed by atoms with E-state index in [9.17, 15) is 13.2 Å². The fourth-order valence-corrected chi connectivity index (χ4v) is 2.52. The van der Waals surface area contributed by atoms with Gasteiger partial charge in [0.1, 0.15) is 5.82 Å². The normalized spacial score (nSPS) is 13.1. The molecule has 132 valence electrons. The van der Waals surface area contributed by atoms with Gasteiger partial charge >= 0.3 is 6.18 Å². The molecule has 0 saturated carbocycles. The first kappa shape index (κ1) is 17.2. The molecule has 0 aliphatic heterocycles. The highest BCUT2D eigenvalue weighted by Crippen LogP contribution is 2.28. The summed E-state index contributed by atoms with van der Waals surface area (Å²) in [4.78, 5) is 0. The van der Waals surface area contributed by atoms with Crippen LogP contribution in [0.3, 0.4) is 0 Å². The average molecular weight is 351 g/mol. The van der Waals surface area contributed by atoms with E-state index in [1.54, 1.807) is 6.07 Å². The molecule has 1 aromatic carbocycles. The molecule has 1 unspecified atom stereocenters. The van der Waals surface area contributed by atoms with Gasteiger partial charge in [-0.2, -0.15) is 17.7 Å². The van der Waals surface area contributed by atoms with Crippen molar-refractivity contribution in [3.8, 4) is 0 Å². The van der Waals surface area contributed by atoms with Crippen LogP contribution >= 0.6 is 0 Å². The number of aromatic nitrogens is 4. The lowest BCUT2D eigenvalue weighted by Gasteiger charge is -2.19. The number of hydrogen-bond acceptors (Lipinski definition) is 5. The van der Waals surface area contributed by atoms with Crippen LogP contribution in [0.5, 0.6) is 0 Å². The Labute approximate surface area is 141 Å². The smallest absolute Gasteiger partial charge is 0.396 e. The van der Waals surface area contributed by atoms with Gasteiger partial charge in [-0.3, -0.25) is 0 Å². The highest BCUT2D eigenvalue weighted by atomic mass is 19.4. The van der Waals surface area contributed by atoms with Crippen molar-refractivity contribution in [3.63, 3.8) is 0 Å². The van der Waals surface area contributed by atoms with E-state index in [0.29, 0.717) is 17.4 Å². The van der Waals surface area contributed by atoms with E-state index >= 15 is 0 Å². The monoisotopic (exact) mass is 351 g/mol. The Morgan fingerprint density at radius 2 is 1.84 bits per heavy atom. The van der Waals surface area contributed by atoms with E-state index in [-0.39, 0.29) is 24.1 Å². The highest BCUT2D eigenvalue weighted by Gasteiger charge is 2.37. The van der Waals surface area contributed by atoms with Gasteiger partial charge in [0.15, 0.2) is 5.65 Å². The summed E-state index contributed by atoms with van der Waals surface area (Å²) >= 11 is 0. The van der Waals surface area contributed by atoms with Gasteiger partial charge in [-0.25, -0.2) is 0 Å². The molecule has 0 saturated heterocycles. The zero-order valence-corrected chi connectivity index (χ0v) is 13.1. The predicted molar refractivity (Wildman–Crippen MR) is 84.9 cm³/mol. The minimum Gasteiger partial charge on any atom is -0.396 e. The van der Waals surface area contributed by atoms with Crippen molar-refractivity contribution in [2.45, 2.75) is 25.1 Å². The number of rotatable bonds is 6. The van der Waals surface area contributed by atoms with Gasteiger partial charge in [0.25, 0.3) is 5.82 Å². The third kappa shape index (κ3) is 3.87. The number of aliphatic hydroxyl groups is 1. The van der Waals surface area contributed by atoms with E-state index in [2.05, 4.69) is 20.6 Å². The summed E-state index contributed by atoms with van der Waals surface area (Å²) in [5.74, 6) is -0.901. The van der Waals surface area contributed by atoms with Crippen LogP contribution in [-0.4, -0.2) is 31.5 Å². The number of nitrogens with zero attached hydrogens (tertiary/aromatic N) is 4. The molecule has 0 bridgehead atoms. The van der Waals surface area contributed by atoms with Crippen LogP contribution in [0.25, 0.3) is 5.65 Å². The second-order valence-corrected chi connectivity index (χ2v) is 5.48. The van der Waals surface area contributed by atoms with Gasteiger partial charge in [0.05, 0.1) is 6.04 Å². The van der Waals surface area contributed by atoms with Crippen molar-refractivity contribution in [3.05, 3.63) is 53.9 Å². The lowest BCUT2D eigenvalue weighted by molar-refractivity contribution is -0.146. The molecule has 0 aliphatic carbocycles. The van der Waals surface area contributed by atoms with Crippen molar-refractivity contribution >= 4 is 11.5 Å². The first-order valence-corrected chi connectivity index (χ1v) is 7.71. The third-order valence-electron chi connectivity index (χ3n) is 3.69. The molecule has 0 amide bonds. The molecule has 3 rings (SSSR count). The summed E-state index contributed by atoms with van der Waals surface area (Å²) in [7, 11) is 0. The molecular formula is C16H16F3N5O. The average Bonchev–Trinajstić information content (AvgIpc) is 3.03. The Kier molecular flexibility index (Phi) is 4.84. The minimum absolute atomic E-state index is 0.0181. The molecule has 0 spiro atoms. The second kappa shape index (κ2) is 7.06. The lowest BCUT2D eigenvalue weighted by Crippen LogP contribution is -2.16. The van der Waals surface area contributed by atoms with Crippen LogP contribution < -0.4 is 5.32 Å². The summed E-state index contributed by atoms with van der Waals surface area (Å²) in [6.07, 6.45) is -3.48. The van der Waals surface area contributed by atoms with Crippen LogP contribution in [0.15, 0.2) is 42.5 Å². The number of fused-ring (bicyclic) bond motifs is 1. The fourth-order valence-electron chi connectivity index (χ4n) is 2.52. The van der Waals surface area contributed by atoms with Crippen molar-refractivity contribution < 1.29 is 18.3 Å². The maximum Gasteiger partial charge on any atom is 0.453 e. The summed E-state index contributed by atoms with van der Waals surface area (Å²) in [5.41, 5.74) is 0.974. The van der Waals surface area contributed by atoms with Crippen molar-refractivity contribution in [2.75, 3.05) is 11.9 Å². The first-order valence-electron chi connectivity index (χ1n) is 7.71. The van der Waals surface area contributed by atoms with Crippen LogP contribution in [0.4, 0.5) is 19.0 Å². The quantitative estimate of drug-likeness (QED) is 0.714. The Bertz CT molecular complexity index is 835. The molecule has 1 atom stereocenters. The van der Waals surface area contributed by atoms with Gasteiger partial charge in [-0.15, -0.1) is 15.3 Å². The Morgan fingerprint density at radius 3 is 2.52 bits per heavy atom. The molecule has 2 heterocycles. The van der Waals surface area contributed by atoms with E-state index < -0.39 is 12.0 Å². The van der Waals surface area contributed by atoms with Gasteiger partial charge in [-0.1, -0.05) is 30.3 Å². The number of aliphatic hydroxyl groups excluding tert-OH is 1. The SMILES string of the molecule is OCCCC(Nc1ccc2nnc(C(F)(F)F)n2n1)c1ccccc1. The van der Waals surface area contributed by atoms with Crippen LogP contribution in [0, 0.1) is 0 Å². The van der Waals surface area contributed by atoms with Crippen LogP contribution in [0.1, 0.15) is 30.3 Å². The molecule has 2 N–H and O–H groups in total. The van der Waals surface area contributed by atoms with E-state index in [1.807, 2.05) is 30.3 Å². The van der Waals surface area contributed by atoms with E-state index in [1.165, 1.54) is 6.07 Å². The maximum atomic E-state index is 13.0. The molecule has 9 heteroatoms. The number of anilines is 1. The number of halogens is 3.